The largest absolute Gasteiger partial charge is 0.332 e. The molecule has 0 radical (unpaired) electrons. The lowest BCUT2D eigenvalue weighted by molar-refractivity contribution is 0.245. The van der Waals surface area contributed by atoms with E-state index < -0.39 is 6.03 Å². The molecule has 0 aromatic carbocycles. The normalized spacial score (nSPS) is 11.4. The highest BCUT2D eigenvalue weighted by molar-refractivity contribution is 9.11. The Morgan fingerprint density at radius 1 is 1.27 bits per heavy atom. The molecule has 8 heteroatoms. The number of halogens is 2. The Bertz CT molecular complexity index is 940. The molecule has 3 rings (SSSR count). The minimum atomic E-state index is -0.489. The number of amides is 1. The van der Waals surface area contributed by atoms with Gasteiger partial charge in [0.1, 0.15) is 0 Å². The van der Waals surface area contributed by atoms with E-state index in [0.717, 1.165) is 18.6 Å². The van der Waals surface area contributed by atoms with E-state index >= 15 is 0 Å². The average Bonchev–Trinajstić information content (AvgIpc) is 3.06. The van der Waals surface area contributed by atoms with Crippen molar-refractivity contribution in [3.05, 3.63) is 59.5 Å². The second-order valence-corrected chi connectivity index (χ2v) is 7.89. The van der Waals surface area contributed by atoms with Gasteiger partial charge in [-0.05, 0) is 50.1 Å². The maximum atomic E-state index is 12.3. The molecule has 3 heterocycles. The van der Waals surface area contributed by atoms with E-state index in [2.05, 4.69) is 37.2 Å². The third kappa shape index (κ3) is 3.10. The van der Waals surface area contributed by atoms with Crippen LogP contribution in [0, 0.1) is 0 Å². The highest BCUT2D eigenvalue weighted by atomic mass is 79.9. The van der Waals surface area contributed by atoms with Gasteiger partial charge in [-0.15, -0.1) is 22.7 Å². The number of nitrogens with zero attached hydrogens (tertiary/aromatic N) is 1. The number of nitrogens with one attached hydrogen (secondary N) is 1. The van der Waals surface area contributed by atoms with Crippen molar-refractivity contribution < 1.29 is 4.79 Å². The minimum absolute atomic E-state index is 0.338. The van der Waals surface area contributed by atoms with Crippen molar-refractivity contribution in [3.63, 3.8) is 0 Å². The molecule has 3 aromatic rings. The zero-order valence-electron chi connectivity index (χ0n) is 10.9. The van der Waals surface area contributed by atoms with Gasteiger partial charge in [-0.2, -0.15) is 0 Å². The maximum absolute atomic E-state index is 12.3. The van der Waals surface area contributed by atoms with E-state index in [1.807, 2.05) is 16.8 Å². The number of hydrogen-bond acceptors (Lipinski definition) is 4. The summed E-state index contributed by atoms with van der Waals surface area (Å²) in [6.07, 6.45) is 4.79. The molecule has 22 heavy (non-hydrogen) atoms. The molecule has 1 N–H and O–H groups in total. The number of hydrogen-bond donors (Lipinski definition) is 1. The van der Waals surface area contributed by atoms with Crippen LogP contribution in [0.3, 0.4) is 0 Å². The van der Waals surface area contributed by atoms with Crippen molar-refractivity contribution in [1.29, 1.82) is 0 Å². The van der Waals surface area contributed by atoms with Crippen LogP contribution in [-0.4, -0.2) is 10.6 Å². The Hall–Kier alpha value is -1.22. The molecule has 0 saturated carbocycles. The van der Waals surface area contributed by atoms with Gasteiger partial charge < -0.3 is 5.32 Å². The van der Waals surface area contributed by atoms with Crippen molar-refractivity contribution in [2.75, 3.05) is 0 Å². The quantitative estimate of drug-likeness (QED) is 0.593. The molecule has 0 spiro atoms. The summed E-state index contributed by atoms with van der Waals surface area (Å²) in [5, 5.41) is 6.91. The standard InChI is InChI=1S/C14H8Br2N2O2S2/c15-8-5-9(21-6-8)1-3-17-14(20)18-4-2-11-12(13(18)19)10(16)7-22-11/h1-7H,(H,17,20)/b3-1+. The maximum Gasteiger partial charge on any atom is 0.332 e. The number of fused-ring (bicyclic) bond motifs is 1. The summed E-state index contributed by atoms with van der Waals surface area (Å²) < 4.78 is 3.61. The van der Waals surface area contributed by atoms with E-state index in [4.69, 9.17) is 0 Å². The Kier molecular flexibility index (Phi) is 4.62. The first-order chi connectivity index (χ1) is 10.6. The van der Waals surface area contributed by atoms with Crippen LogP contribution in [0.25, 0.3) is 16.2 Å². The molecular formula is C14H8Br2N2O2S2. The van der Waals surface area contributed by atoms with Crippen molar-refractivity contribution in [1.82, 2.24) is 9.88 Å². The third-order valence-corrected chi connectivity index (χ3v) is 6.38. The van der Waals surface area contributed by atoms with Gasteiger partial charge in [-0.1, -0.05) is 0 Å². The molecule has 0 saturated heterocycles. The monoisotopic (exact) mass is 458 g/mol. The van der Waals surface area contributed by atoms with E-state index in [1.165, 1.54) is 23.7 Å². The van der Waals surface area contributed by atoms with E-state index in [9.17, 15) is 9.59 Å². The van der Waals surface area contributed by atoms with Gasteiger partial charge in [0.15, 0.2) is 0 Å². The lowest BCUT2D eigenvalue weighted by atomic mass is 10.3. The lowest BCUT2D eigenvalue weighted by Crippen LogP contribution is -2.33. The fourth-order valence-electron chi connectivity index (χ4n) is 1.85. The lowest BCUT2D eigenvalue weighted by Gasteiger charge is -2.03. The number of thiophene rings is 2. The minimum Gasteiger partial charge on any atom is -0.314 e. The Morgan fingerprint density at radius 2 is 2.09 bits per heavy atom. The van der Waals surface area contributed by atoms with Crippen LogP contribution >= 0.6 is 54.5 Å². The van der Waals surface area contributed by atoms with Crippen LogP contribution in [0.4, 0.5) is 4.79 Å². The summed E-state index contributed by atoms with van der Waals surface area (Å²) in [5.41, 5.74) is -0.338. The summed E-state index contributed by atoms with van der Waals surface area (Å²) in [6, 6.07) is 3.21. The summed E-state index contributed by atoms with van der Waals surface area (Å²) in [6.45, 7) is 0. The van der Waals surface area contributed by atoms with Gasteiger partial charge in [-0.25, -0.2) is 9.36 Å². The highest BCUT2D eigenvalue weighted by Gasteiger charge is 2.12. The van der Waals surface area contributed by atoms with Crippen molar-refractivity contribution in [2.24, 2.45) is 0 Å². The van der Waals surface area contributed by atoms with Crippen LogP contribution in [-0.2, 0) is 0 Å². The molecule has 0 aliphatic rings. The van der Waals surface area contributed by atoms with Crippen LogP contribution in [0.2, 0.25) is 0 Å². The molecule has 0 aliphatic carbocycles. The fraction of sp³-hybridized carbons (Fsp3) is 0. The van der Waals surface area contributed by atoms with Crippen molar-refractivity contribution >= 4 is 76.7 Å². The molecule has 0 atom stereocenters. The SMILES string of the molecule is O=C(N/C=C/c1cc(Br)cs1)n1ccc2scc(Br)c2c1=O. The van der Waals surface area contributed by atoms with Crippen LogP contribution in [0.5, 0.6) is 0 Å². The number of pyridine rings is 1. The van der Waals surface area contributed by atoms with Gasteiger partial charge in [0.2, 0.25) is 0 Å². The topological polar surface area (TPSA) is 51.1 Å². The Labute approximate surface area is 150 Å². The van der Waals surface area contributed by atoms with E-state index in [0.29, 0.717) is 9.86 Å². The summed E-state index contributed by atoms with van der Waals surface area (Å²) in [5.74, 6) is 0. The first-order valence-electron chi connectivity index (χ1n) is 6.06. The van der Waals surface area contributed by atoms with E-state index in [-0.39, 0.29) is 5.56 Å². The number of carbonyl (C=O) groups excluding carboxylic acids is 1. The molecule has 4 nitrogen and oxygen atoms in total. The second-order valence-electron chi connectivity index (χ2n) is 4.26. The van der Waals surface area contributed by atoms with Gasteiger partial charge in [0, 0.05) is 41.7 Å². The Balaban J connectivity index is 1.83. The molecule has 0 unspecified atom stereocenters. The molecule has 3 aromatic heterocycles. The van der Waals surface area contributed by atoms with Crippen LogP contribution < -0.4 is 10.9 Å². The number of rotatable bonds is 2. The van der Waals surface area contributed by atoms with Crippen LogP contribution in [0.1, 0.15) is 4.88 Å². The van der Waals surface area contributed by atoms with Gasteiger partial charge in [0.05, 0.1) is 5.39 Å². The predicted molar refractivity (Wildman–Crippen MR) is 98.8 cm³/mol. The van der Waals surface area contributed by atoms with Gasteiger partial charge in [-0.3, -0.25) is 4.79 Å². The zero-order chi connectivity index (χ0) is 15.7. The molecular weight excluding hydrogens is 452 g/mol. The van der Waals surface area contributed by atoms with Gasteiger partial charge in [0.25, 0.3) is 5.56 Å². The fourth-order valence-corrected chi connectivity index (χ4v) is 4.79. The molecule has 1 amide bonds. The first kappa shape index (κ1) is 15.7. The number of aromatic nitrogens is 1. The average molecular weight is 460 g/mol. The summed E-state index contributed by atoms with van der Waals surface area (Å²) >= 11 is 9.70. The molecule has 0 fully saturated rings. The molecule has 0 aliphatic heterocycles. The predicted octanol–water partition coefficient (Wildman–Crippen LogP) is 4.88. The summed E-state index contributed by atoms with van der Waals surface area (Å²) in [7, 11) is 0. The second kappa shape index (κ2) is 6.49. The van der Waals surface area contributed by atoms with Crippen molar-refractivity contribution in [2.45, 2.75) is 0 Å². The van der Waals surface area contributed by atoms with Crippen LogP contribution in [0.15, 0.2) is 49.0 Å². The summed E-state index contributed by atoms with van der Waals surface area (Å²) in [4.78, 5) is 25.5. The van der Waals surface area contributed by atoms with Gasteiger partial charge >= 0.3 is 6.03 Å². The number of carbonyl (C=O) groups is 1. The molecule has 112 valence electrons. The zero-order valence-corrected chi connectivity index (χ0v) is 15.7. The Morgan fingerprint density at radius 3 is 2.82 bits per heavy atom. The van der Waals surface area contributed by atoms with E-state index in [1.54, 1.807) is 23.5 Å². The first-order valence-corrected chi connectivity index (χ1v) is 9.40. The molecule has 0 bridgehead atoms. The van der Waals surface area contributed by atoms with Crippen molar-refractivity contribution in [3.8, 4) is 0 Å². The smallest absolute Gasteiger partial charge is 0.314 e. The highest BCUT2D eigenvalue weighted by Crippen LogP contribution is 2.27. The third-order valence-electron chi connectivity index (χ3n) is 2.84.